The van der Waals surface area contributed by atoms with E-state index >= 15 is 0 Å². The second kappa shape index (κ2) is 10.3. The molecule has 1 aromatic carbocycles. The first-order chi connectivity index (χ1) is 10.8. The average Bonchev–Trinajstić information content (AvgIpc) is 2.54. The number of nitrogens with two attached hydrogens (primary N) is 1. The van der Waals surface area contributed by atoms with Gasteiger partial charge in [-0.15, -0.1) is 24.8 Å². The van der Waals surface area contributed by atoms with Crippen LogP contribution in [0.2, 0.25) is 0 Å². The molecule has 1 heterocycles. The highest BCUT2D eigenvalue weighted by molar-refractivity contribution is 5.85. The zero-order valence-corrected chi connectivity index (χ0v) is 16.9. The maximum atomic E-state index is 12.4. The molecular formula is C18H31Cl2N3O2. The van der Waals surface area contributed by atoms with Gasteiger partial charge in [-0.05, 0) is 11.0 Å². The Morgan fingerprint density at radius 3 is 2.12 bits per heavy atom. The van der Waals surface area contributed by atoms with Gasteiger partial charge in [-0.25, -0.2) is 0 Å². The van der Waals surface area contributed by atoms with Crippen molar-refractivity contribution in [2.75, 3.05) is 32.7 Å². The average molecular weight is 392 g/mol. The molecule has 1 aliphatic heterocycles. The van der Waals surface area contributed by atoms with Crippen LogP contribution in [0.4, 0.5) is 0 Å². The molecule has 7 heteroatoms. The van der Waals surface area contributed by atoms with Crippen LogP contribution in [0.5, 0.6) is 0 Å². The zero-order chi connectivity index (χ0) is 17.0. The third-order valence-corrected chi connectivity index (χ3v) is 4.50. The van der Waals surface area contributed by atoms with Gasteiger partial charge in [-0.2, -0.15) is 0 Å². The molecule has 144 valence electrons. The van der Waals surface area contributed by atoms with Crippen molar-refractivity contribution in [1.82, 2.24) is 9.80 Å². The van der Waals surface area contributed by atoms with E-state index in [1.54, 1.807) is 0 Å². The Balaban J connectivity index is 0.00000288. The Kier molecular flexibility index (Phi) is 9.98. The molecular weight excluding hydrogens is 361 g/mol. The van der Waals surface area contributed by atoms with Crippen LogP contribution in [0.25, 0.3) is 0 Å². The molecule has 5 nitrogen and oxygen atoms in total. The smallest absolute Gasteiger partial charge is 0.240 e. The van der Waals surface area contributed by atoms with Crippen LogP contribution in [-0.2, 0) is 4.79 Å². The van der Waals surface area contributed by atoms with Gasteiger partial charge in [0.2, 0.25) is 5.91 Å². The van der Waals surface area contributed by atoms with Crippen LogP contribution < -0.4 is 5.73 Å². The zero-order valence-electron chi connectivity index (χ0n) is 15.2. The molecule has 0 aromatic heterocycles. The number of halogens is 2. The van der Waals surface area contributed by atoms with E-state index in [9.17, 15) is 9.90 Å². The maximum absolute atomic E-state index is 12.4. The summed E-state index contributed by atoms with van der Waals surface area (Å²) in [5, 5.41) is 10.3. The Bertz CT molecular complexity index is 515. The summed E-state index contributed by atoms with van der Waals surface area (Å²) in [6.07, 6.45) is -0.490. The monoisotopic (exact) mass is 391 g/mol. The number of carbonyl (C=O) groups is 1. The summed E-state index contributed by atoms with van der Waals surface area (Å²) in [4.78, 5) is 16.5. The quantitative estimate of drug-likeness (QED) is 0.823. The van der Waals surface area contributed by atoms with Gasteiger partial charge in [0.25, 0.3) is 0 Å². The van der Waals surface area contributed by atoms with Gasteiger partial charge in [-0.3, -0.25) is 9.69 Å². The summed E-state index contributed by atoms with van der Waals surface area (Å²) >= 11 is 0. The molecule has 0 bridgehead atoms. The van der Waals surface area contributed by atoms with Crippen molar-refractivity contribution in [1.29, 1.82) is 0 Å². The maximum Gasteiger partial charge on any atom is 0.240 e. The molecule has 0 saturated carbocycles. The minimum atomic E-state index is -0.490. The van der Waals surface area contributed by atoms with Gasteiger partial charge in [0.15, 0.2) is 0 Å². The Hall–Kier alpha value is -0.850. The summed E-state index contributed by atoms with van der Waals surface area (Å²) in [6.45, 7) is 9.44. The van der Waals surface area contributed by atoms with Crippen LogP contribution in [-0.4, -0.2) is 59.6 Å². The molecule has 1 saturated heterocycles. The normalized spacial score (nSPS) is 17.9. The first-order valence-corrected chi connectivity index (χ1v) is 8.29. The Morgan fingerprint density at radius 1 is 1.12 bits per heavy atom. The summed E-state index contributed by atoms with van der Waals surface area (Å²) in [7, 11) is 0. The summed E-state index contributed by atoms with van der Waals surface area (Å²) in [5.74, 6) is 0.0285. The second-order valence-electron chi connectivity index (χ2n) is 7.40. The Labute approximate surface area is 163 Å². The third kappa shape index (κ3) is 6.76. The van der Waals surface area contributed by atoms with E-state index < -0.39 is 12.1 Å². The van der Waals surface area contributed by atoms with E-state index in [-0.39, 0.29) is 36.1 Å². The van der Waals surface area contributed by atoms with Crippen molar-refractivity contribution in [2.45, 2.75) is 32.9 Å². The molecule has 0 spiro atoms. The number of aliphatic hydroxyl groups is 1. The van der Waals surface area contributed by atoms with E-state index in [0.29, 0.717) is 19.6 Å². The molecule has 1 aromatic rings. The van der Waals surface area contributed by atoms with Crippen LogP contribution in [0.1, 0.15) is 32.4 Å². The van der Waals surface area contributed by atoms with Gasteiger partial charge in [0, 0.05) is 32.7 Å². The number of rotatable bonds is 4. The largest absolute Gasteiger partial charge is 0.387 e. The van der Waals surface area contributed by atoms with Gasteiger partial charge in [0.05, 0.1) is 12.1 Å². The lowest BCUT2D eigenvalue weighted by molar-refractivity contribution is -0.136. The molecule has 1 aliphatic rings. The van der Waals surface area contributed by atoms with Crippen molar-refractivity contribution >= 4 is 30.7 Å². The molecule has 2 atom stereocenters. The fourth-order valence-corrected chi connectivity index (χ4v) is 2.74. The fraction of sp³-hybridized carbons (Fsp3) is 0.611. The molecule has 1 fully saturated rings. The molecule has 2 rings (SSSR count). The first kappa shape index (κ1) is 24.1. The van der Waals surface area contributed by atoms with Crippen molar-refractivity contribution < 1.29 is 9.90 Å². The lowest BCUT2D eigenvalue weighted by atomic mass is 9.86. The van der Waals surface area contributed by atoms with Crippen LogP contribution in [0.15, 0.2) is 30.3 Å². The second-order valence-corrected chi connectivity index (χ2v) is 7.40. The lowest BCUT2D eigenvalue weighted by Crippen LogP contribution is -2.56. The fourth-order valence-electron chi connectivity index (χ4n) is 2.74. The predicted octanol–water partition coefficient (Wildman–Crippen LogP) is 2.08. The Morgan fingerprint density at radius 2 is 1.64 bits per heavy atom. The standard InChI is InChI=1S/C18H29N3O2.2ClH/c1-18(2,3)16(19)17(23)21-11-9-20(10-12-21)13-15(22)14-7-5-4-6-8-14;;/h4-8,15-16,22H,9-13,19H2,1-3H3;2*1H/t15?,16-;;/m1../s1. The number of β-amino-alcohol motifs (C(OH)–C–C–N with tert-alkyl or cyclic N) is 1. The topological polar surface area (TPSA) is 69.8 Å². The molecule has 0 aliphatic carbocycles. The van der Waals surface area contributed by atoms with Gasteiger partial charge < -0.3 is 15.7 Å². The van der Waals surface area contributed by atoms with Gasteiger partial charge >= 0.3 is 0 Å². The first-order valence-electron chi connectivity index (χ1n) is 8.29. The van der Waals surface area contributed by atoms with E-state index in [4.69, 9.17) is 5.73 Å². The van der Waals surface area contributed by atoms with E-state index in [1.165, 1.54) is 0 Å². The summed E-state index contributed by atoms with van der Waals surface area (Å²) in [6, 6.07) is 9.22. The number of nitrogens with zero attached hydrogens (tertiary/aromatic N) is 2. The van der Waals surface area contributed by atoms with E-state index in [1.807, 2.05) is 56.0 Å². The summed E-state index contributed by atoms with van der Waals surface area (Å²) < 4.78 is 0. The SMILES string of the molecule is CC(C)(C)[C@H](N)C(=O)N1CCN(CC(O)c2ccccc2)CC1.Cl.Cl. The lowest BCUT2D eigenvalue weighted by Gasteiger charge is -2.38. The number of aliphatic hydroxyl groups excluding tert-OH is 1. The highest BCUT2D eigenvalue weighted by Gasteiger charge is 2.32. The number of piperazine rings is 1. The van der Waals surface area contributed by atoms with Crippen LogP contribution >= 0.6 is 24.8 Å². The van der Waals surface area contributed by atoms with Crippen molar-refractivity contribution in [3.05, 3.63) is 35.9 Å². The van der Waals surface area contributed by atoms with Crippen molar-refractivity contribution in [3.63, 3.8) is 0 Å². The number of carbonyl (C=O) groups excluding carboxylic acids is 1. The van der Waals surface area contributed by atoms with Gasteiger partial charge in [-0.1, -0.05) is 51.1 Å². The molecule has 1 unspecified atom stereocenters. The minimum Gasteiger partial charge on any atom is -0.387 e. The number of benzene rings is 1. The van der Waals surface area contributed by atoms with Crippen molar-refractivity contribution in [3.8, 4) is 0 Å². The number of amides is 1. The van der Waals surface area contributed by atoms with E-state index in [0.717, 1.165) is 18.7 Å². The minimum absolute atomic E-state index is 0. The number of hydrogen-bond acceptors (Lipinski definition) is 4. The number of hydrogen-bond donors (Lipinski definition) is 2. The van der Waals surface area contributed by atoms with Crippen LogP contribution in [0, 0.1) is 5.41 Å². The third-order valence-electron chi connectivity index (χ3n) is 4.50. The molecule has 0 radical (unpaired) electrons. The molecule has 3 N–H and O–H groups in total. The van der Waals surface area contributed by atoms with Gasteiger partial charge in [0.1, 0.15) is 0 Å². The summed E-state index contributed by atoms with van der Waals surface area (Å²) in [5.41, 5.74) is 6.78. The predicted molar refractivity (Wildman–Crippen MR) is 106 cm³/mol. The molecule has 1 amide bonds. The highest BCUT2D eigenvalue weighted by Crippen LogP contribution is 2.20. The highest BCUT2D eigenvalue weighted by atomic mass is 35.5. The van der Waals surface area contributed by atoms with E-state index in [2.05, 4.69) is 4.90 Å². The van der Waals surface area contributed by atoms with Crippen molar-refractivity contribution in [2.24, 2.45) is 11.1 Å². The molecule has 25 heavy (non-hydrogen) atoms. The van der Waals surface area contributed by atoms with Crippen LogP contribution in [0.3, 0.4) is 0 Å².